The van der Waals surface area contributed by atoms with Crippen LogP contribution < -0.4 is 0 Å². The molecule has 0 heterocycles. The summed E-state index contributed by atoms with van der Waals surface area (Å²) in [6, 6.07) is 0. The zero-order valence-electron chi connectivity index (χ0n) is 26.8. The third kappa shape index (κ3) is 3.85. The molecule has 0 saturated carbocycles. The van der Waals surface area contributed by atoms with E-state index in [4.69, 9.17) is 0 Å². The van der Waals surface area contributed by atoms with Gasteiger partial charge in [-0.1, -0.05) is 152 Å². The topological polar surface area (TPSA) is 0 Å². The smallest absolute Gasteiger partial charge is 0.0241 e. The fourth-order valence-corrected chi connectivity index (χ4v) is 6.72. The average molecular weight is 451 g/mol. The van der Waals surface area contributed by atoms with Crippen molar-refractivity contribution in [1.82, 2.24) is 0 Å². The van der Waals surface area contributed by atoms with Gasteiger partial charge < -0.3 is 0 Å². The summed E-state index contributed by atoms with van der Waals surface area (Å²) in [7, 11) is 0. The Hall–Kier alpha value is 0. The number of hydrogen-bond acceptors (Lipinski definition) is 0. The van der Waals surface area contributed by atoms with Crippen molar-refractivity contribution in [3.63, 3.8) is 0 Å². The lowest BCUT2D eigenvalue weighted by molar-refractivity contribution is -0.226. The van der Waals surface area contributed by atoms with Gasteiger partial charge in [-0.25, -0.2) is 0 Å². The Balaban J connectivity index is 6.95. The minimum Gasteiger partial charge on any atom is -0.0649 e. The van der Waals surface area contributed by atoms with Gasteiger partial charge in [0, 0.05) is 0 Å². The molecule has 0 aliphatic heterocycles. The molecular weight excluding hydrogens is 384 g/mol. The van der Waals surface area contributed by atoms with Crippen molar-refractivity contribution in [2.45, 2.75) is 152 Å². The lowest BCUT2D eigenvalue weighted by Crippen LogP contribution is -2.64. The molecule has 0 aliphatic carbocycles. The fraction of sp³-hybridized carbons (Fsp3) is 1.00. The van der Waals surface area contributed by atoms with Gasteiger partial charge in [-0.15, -0.1) is 0 Å². The summed E-state index contributed by atoms with van der Waals surface area (Å²) in [5.74, 6) is 0.629. The summed E-state index contributed by atoms with van der Waals surface area (Å²) < 4.78 is 0. The molecule has 0 aromatic rings. The van der Waals surface area contributed by atoms with Crippen LogP contribution in [0.1, 0.15) is 152 Å². The van der Waals surface area contributed by atoms with Crippen LogP contribution in [0, 0.1) is 54.7 Å². The third-order valence-corrected chi connectivity index (χ3v) is 15.0. The van der Waals surface area contributed by atoms with Crippen molar-refractivity contribution in [3.05, 3.63) is 0 Å². The van der Waals surface area contributed by atoms with Crippen LogP contribution in [0.4, 0.5) is 0 Å². The van der Waals surface area contributed by atoms with E-state index in [0.29, 0.717) is 5.92 Å². The van der Waals surface area contributed by atoms with Gasteiger partial charge in [-0.05, 0) is 54.7 Å². The Morgan fingerprint density at radius 3 is 0.812 bits per heavy atom. The standard InChI is InChI=1S/C32H66/c1-22-24(4,5)26(8,9)28(12,13)30(16,17)32(20,21)31(18,19)29(14,15)27(10,11)25(6,7)23(2)3/h23H,22H2,1-21H3. The van der Waals surface area contributed by atoms with E-state index in [1.807, 2.05) is 0 Å². The van der Waals surface area contributed by atoms with Crippen LogP contribution in [0.3, 0.4) is 0 Å². The highest BCUT2D eigenvalue weighted by Crippen LogP contribution is 2.73. The van der Waals surface area contributed by atoms with Crippen LogP contribution in [0.15, 0.2) is 0 Å². The van der Waals surface area contributed by atoms with Gasteiger partial charge in [0.2, 0.25) is 0 Å². The quantitative estimate of drug-likeness (QED) is 0.310. The molecule has 0 amide bonds. The SMILES string of the molecule is CCC(C)(C)C(C)(C)C(C)(C)C(C)(C)C(C)(C)C(C)(C)C(C)(C)C(C)(C)C(C)(C)C(C)C. The predicted octanol–water partition coefficient (Wildman–Crippen LogP) is 11.3. The zero-order chi connectivity index (χ0) is 26.8. The predicted molar refractivity (Wildman–Crippen MR) is 149 cm³/mol. The monoisotopic (exact) mass is 451 g/mol. The highest BCUT2D eigenvalue weighted by Gasteiger charge is 2.66. The maximum atomic E-state index is 2.57. The van der Waals surface area contributed by atoms with Gasteiger partial charge in [-0.3, -0.25) is 0 Å². The first-order valence-electron chi connectivity index (χ1n) is 13.5. The van der Waals surface area contributed by atoms with Crippen molar-refractivity contribution in [2.24, 2.45) is 54.7 Å². The van der Waals surface area contributed by atoms with Crippen LogP contribution in [-0.4, -0.2) is 0 Å². The fourth-order valence-electron chi connectivity index (χ4n) is 6.72. The largest absolute Gasteiger partial charge is 0.0649 e. The molecule has 0 fully saturated rings. The molecule has 0 N–H and O–H groups in total. The summed E-state index contributed by atoms with van der Waals surface area (Å²) >= 11 is 0. The second-order valence-electron chi connectivity index (χ2n) is 16.5. The van der Waals surface area contributed by atoms with Gasteiger partial charge >= 0.3 is 0 Å². The highest BCUT2D eigenvalue weighted by molar-refractivity contribution is 5.14. The Morgan fingerprint density at radius 2 is 0.594 bits per heavy atom. The molecule has 0 aliphatic rings. The van der Waals surface area contributed by atoms with Gasteiger partial charge in [0.1, 0.15) is 0 Å². The van der Waals surface area contributed by atoms with E-state index in [0.717, 1.165) is 0 Å². The average Bonchev–Trinajstić information content (AvgIpc) is 2.59. The second-order valence-corrected chi connectivity index (χ2v) is 16.5. The molecule has 0 rings (SSSR count). The van der Waals surface area contributed by atoms with E-state index in [-0.39, 0.29) is 48.7 Å². The van der Waals surface area contributed by atoms with E-state index >= 15 is 0 Å². The Morgan fingerprint density at radius 1 is 0.375 bits per heavy atom. The van der Waals surface area contributed by atoms with Crippen LogP contribution in [0.25, 0.3) is 0 Å². The molecule has 0 heteroatoms. The maximum Gasteiger partial charge on any atom is -0.0241 e. The Bertz CT molecular complexity index is 642. The van der Waals surface area contributed by atoms with Crippen LogP contribution in [-0.2, 0) is 0 Å². The van der Waals surface area contributed by atoms with E-state index < -0.39 is 0 Å². The maximum absolute atomic E-state index is 2.57. The van der Waals surface area contributed by atoms with Gasteiger partial charge in [0.15, 0.2) is 0 Å². The highest BCUT2D eigenvalue weighted by atomic mass is 14.7. The Kier molecular flexibility index (Phi) is 8.29. The lowest BCUT2D eigenvalue weighted by atomic mass is 9.34. The van der Waals surface area contributed by atoms with Gasteiger partial charge in [-0.2, -0.15) is 0 Å². The van der Waals surface area contributed by atoms with Crippen LogP contribution in [0.5, 0.6) is 0 Å². The van der Waals surface area contributed by atoms with Crippen LogP contribution in [0.2, 0.25) is 0 Å². The zero-order valence-corrected chi connectivity index (χ0v) is 26.8. The summed E-state index contributed by atoms with van der Waals surface area (Å²) in [5.41, 5.74) is 1.39. The number of rotatable bonds is 10. The molecule has 0 saturated heterocycles. The van der Waals surface area contributed by atoms with Crippen molar-refractivity contribution in [1.29, 1.82) is 0 Å². The first kappa shape index (κ1) is 32.0. The molecule has 0 unspecified atom stereocenters. The minimum absolute atomic E-state index is 0.0957. The van der Waals surface area contributed by atoms with Crippen molar-refractivity contribution in [3.8, 4) is 0 Å². The first-order valence-corrected chi connectivity index (χ1v) is 13.5. The summed E-state index contributed by atoms with van der Waals surface area (Å²) in [6.07, 6.45) is 1.20. The molecule has 32 heavy (non-hydrogen) atoms. The van der Waals surface area contributed by atoms with Crippen LogP contribution >= 0.6 is 0 Å². The first-order chi connectivity index (χ1) is 13.5. The van der Waals surface area contributed by atoms with Crippen molar-refractivity contribution < 1.29 is 0 Å². The van der Waals surface area contributed by atoms with Crippen molar-refractivity contribution in [2.75, 3.05) is 0 Å². The molecule has 0 aromatic heterocycles. The molecule has 0 aromatic carbocycles. The molecule has 0 bridgehead atoms. The third-order valence-electron chi connectivity index (χ3n) is 15.0. The molecule has 0 radical (unpaired) electrons. The van der Waals surface area contributed by atoms with E-state index in [2.05, 4.69) is 145 Å². The number of hydrogen-bond donors (Lipinski definition) is 0. The summed E-state index contributed by atoms with van der Waals surface area (Å²) in [5, 5.41) is 0. The Labute approximate surface area is 206 Å². The lowest BCUT2D eigenvalue weighted by Gasteiger charge is -2.71. The second kappa shape index (κ2) is 8.29. The van der Waals surface area contributed by atoms with E-state index in [9.17, 15) is 0 Å². The van der Waals surface area contributed by atoms with Crippen molar-refractivity contribution >= 4 is 0 Å². The summed E-state index contributed by atoms with van der Waals surface area (Å²) in [4.78, 5) is 0. The molecular formula is C32H66. The normalized spacial score (nSPS) is 16.7. The molecule has 0 spiro atoms. The van der Waals surface area contributed by atoms with E-state index in [1.165, 1.54) is 6.42 Å². The van der Waals surface area contributed by atoms with E-state index in [1.54, 1.807) is 0 Å². The summed E-state index contributed by atoms with van der Waals surface area (Å²) in [6.45, 7) is 52.9. The molecule has 0 nitrogen and oxygen atoms in total. The minimum atomic E-state index is 0.0957. The molecule has 194 valence electrons. The van der Waals surface area contributed by atoms with Gasteiger partial charge in [0.25, 0.3) is 0 Å². The van der Waals surface area contributed by atoms with Gasteiger partial charge in [0.05, 0.1) is 0 Å². The molecule has 0 atom stereocenters.